The van der Waals surface area contributed by atoms with Crippen molar-refractivity contribution in [2.24, 2.45) is 5.73 Å². The van der Waals surface area contributed by atoms with Crippen molar-refractivity contribution < 1.29 is 0 Å². The first-order valence-electron chi connectivity index (χ1n) is 6.12. The van der Waals surface area contributed by atoms with Gasteiger partial charge in [-0.25, -0.2) is 0 Å². The Labute approximate surface area is 113 Å². The van der Waals surface area contributed by atoms with Crippen molar-refractivity contribution in [3.05, 3.63) is 40.6 Å². The van der Waals surface area contributed by atoms with Crippen LogP contribution >= 0.6 is 12.2 Å². The van der Waals surface area contributed by atoms with E-state index in [0.717, 1.165) is 22.2 Å². The fourth-order valence-corrected chi connectivity index (χ4v) is 2.22. The number of thiocarbonyl (C=S) groups is 1. The van der Waals surface area contributed by atoms with Crippen LogP contribution in [0.3, 0.4) is 0 Å². The number of benzene rings is 1. The van der Waals surface area contributed by atoms with Crippen molar-refractivity contribution in [3.8, 4) is 0 Å². The molecule has 2 aromatic rings. The van der Waals surface area contributed by atoms with Crippen molar-refractivity contribution in [3.63, 3.8) is 0 Å². The van der Waals surface area contributed by atoms with Gasteiger partial charge >= 0.3 is 0 Å². The van der Waals surface area contributed by atoms with Gasteiger partial charge in [0, 0.05) is 16.6 Å². The monoisotopic (exact) mass is 258 g/mol. The molecular weight excluding hydrogens is 240 g/mol. The molecule has 1 heterocycles. The third-order valence-corrected chi connectivity index (χ3v) is 3.60. The van der Waals surface area contributed by atoms with Crippen LogP contribution in [0.5, 0.6) is 0 Å². The Morgan fingerprint density at radius 1 is 1.28 bits per heavy atom. The molecule has 94 valence electrons. The minimum absolute atomic E-state index is 0.363. The Morgan fingerprint density at radius 2 is 1.94 bits per heavy atom. The van der Waals surface area contributed by atoms with Gasteiger partial charge in [0.2, 0.25) is 0 Å². The highest BCUT2D eigenvalue weighted by atomic mass is 32.1. The van der Waals surface area contributed by atoms with Gasteiger partial charge < -0.3 is 5.73 Å². The molecule has 0 amide bonds. The number of aryl methyl sites for hydroxylation is 2. The molecule has 0 aliphatic rings. The van der Waals surface area contributed by atoms with E-state index >= 15 is 0 Å². The molecule has 2 rings (SSSR count). The molecule has 3 heteroatoms. The van der Waals surface area contributed by atoms with Crippen LogP contribution in [-0.4, -0.2) is 9.97 Å². The molecule has 0 atom stereocenters. The van der Waals surface area contributed by atoms with Gasteiger partial charge in [-0.15, -0.1) is 0 Å². The third-order valence-electron chi connectivity index (χ3n) is 3.38. The predicted molar refractivity (Wildman–Crippen MR) is 81.2 cm³/mol. The summed E-state index contributed by atoms with van der Waals surface area (Å²) >= 11 is 5.16. The van der Waals surface area contributed by atoms with Crippen LogP contribution in [0.4, 0.5) is 0 Å². The van der Waals surface area contributed by atoms with E-state index in [4.69, 9.17) is 22.9 Å². The average Bonchev–Trinajstić information content (AvgIpc) is 2.32. The summed E-state index contributed by atoms with van der Waals surface area (Å²) in [5.74, 6) is 0.363. The van der Waals surface area contributed by atoms with Gasteiger partial charge in [0.25, 0.3) is 0 Å². The van der Waals surface area contributed by atoms with Crippen LogP contribution < -0.4 is 5.73 Å². The van der Waals surface area contributed by atoms with Gasteiger partial charge in [-0.2, -0.15) is 0 Å². The first kappa shape index (κ1) is 13.0. The molecule has 0 saturated carbocycles. The van der Waals surface area contributed by atoms with Crippen molar-refractivity contribution in [2.45, 2.75) is 33.6 Å². The third kappa shape index (κ3) is 2.10. The van der Waals surface area contributed by atoms with Crippen LogP contribution in [0.15, 0.2) is 18.2 Å². The molecule has 1 aromatic carbocycles. The van der Waals surface area contributed by atoms with Gasteiger partial charge in [-0.1, -0.05) is 38.2 Å². The van der Waals surface area contributed by atoms with Crippen LogP contribution in [-0.2, 0) is 0 Å². The predicted octanol–water partition coefficient (Wildman–Crippen LogP) is 3.61. The van der Waals surface area contributed by atoms with Crippen LogP contribution in [0.1, 0.15) is 42.1 Å². The molecule has 0 fully saturated rings. The van der Waals surface area contributed by atoms with Crippen LogP contribution in [0.2, 0.25) is 0 Å². The summed E-state index contributed by atoms with van der Waals surface area (Å²) in [4.78, 5) is 5.20. The maximum absolute atomic E-state index is 5.84. The Bertz CT molecular complexity index is 630. The average molecular weight is 258 g/mol. The Morgan fingerprint density at radius 3 is 2.50 bits per heavy atom. The Kier molecular flexibility index (Phi) is 3.35. The fourth-order valence-electron chi connectivity index (χ4n) is 2.05. The summed E-state index contributed by atoms with van der Waals surface area (Å²) in [7, 11) is 0. The number of fused-ring (bicyclic) bond motifs is 1. The van der Waals surface area contributed by atoms with E-state index in [-0.39, 0.29) is 0 Å². The van der Waals surface area contributed by atoms with Crippen molar-refractivity contribution >= 4 is 28.1 Å². The highest BCUT2D eigenvalue weighted by Crippen LogP contribution is 2.26. The summed E-state index contributed by atoms with van der Waals surface area (Å²) in [5.41, 5.74) is 11.3. The van der Waals surface area contributed by atoms with Crippen LogP contribution in [0.25, 0.3) is 10.9 Å². The summed E-state index contributed by atoms with van der Waals surface area (Å²) < 4.78 is 0. The molecule has 2 N–H and O–H groups in total. The minimum Gasteiger partial charge on any atom is -0.389 e. The molecule has 0 radical (unpaired) electrons. The number of hydrogen-bond acceptors (Lipinski definition) is 2. The summed E-state index contributed by atoms with van der Waals surface area (Å²) in [6, 6.07) is 6.17. The molecule has 1 aromatic heterocycles. The van der Waals surface area contributed by atoms with Crippen LogP contribution in [0, 0.1) is 13.8 Å². The second kappa shape index (κ2) is 4.65. The first-order chi connectivity index (χ1) is 8.41. The van der Waals surface area contributed by atoms with Gasteiger partial charge in [0.15, 0.2) is 0 Å². The fraction of sp³-hybridized carbons (Fsp3) is 0.333. The maximum Gasteiger partial charge on any atom is 0.104 e. The van der Waals surface area contributed by atoms with E-state index in [1.165, 1.54) is 11.1 Å². The van der Waals surface area contributed by atoms with Crippen molar-refractivity contribution in [2.75, 3.05) is 0 Å². The van der Waals surface area contributed by atoms with Gasteiger partial charge in [0.05, 0.1) is 5.52 Å². The van der Waals surface area contributed by atoms with Gasteiger partial charge in [0.1, 0.15) is 4.99 Å². The molecule has 0 aliphatic heterocycles. The molecule has 0 unspecified atom stereocenters. The number of nitrogens with two attached hydrogens (primary N) is 1. The maximum atomic E-state index is 5.84. The quantitative estimate of drug-likeness (QED) is 0.836. The number of rotatable bonds is 2. The summed E-state index contributed by atoms with van der Waals surface area (Å²) in [5, 5.41) is 1.05. The SMILES string of the molecule is Cc1ccc2c(C(N)=S)cc(C(C)C)nc2c1C. The van der Waals surface area contributed by atoms with E-state index in [2.05, 4.69) is 39.8 Å². The highest BCUT2D eigenvalue weighted by Gasteiger charge is 2.12. The molecule has 2 nitrogen and oxygen atoms in total. The van der Waals surface area contributed by atoms with E-state index in [1.54, 1.807) is 0 Å². The standard InChI is InChI=1S/C15H18N2S/c1-8(2)13-7-12(15(16)18)11-6-5-9(3)10(4)14(11)17-13/h5-8H,1-4H3,(H2,16,18). The number of hydrogen-bond donors (Lipinski definition) is 1. The van der Waals surface area contributed by atoms with E-state index < -0.39 is 0 Å². The van der Waals surface area contributed by atoms with Gasteiger partial charge in [-0.3, -0.25) is 4.98 Å². The van der Waals surface area contributed by atoms with E-state index in [9.17, 15) is 0 Å². The number of aromatic nitrogens is 1. The second-order valence-electron chi connectivity index (χ2n) is 5.02. The van der Waals surface area contributed by atoms with E-state index in [0.29, 0.717) is 10.9 Å². The lowest BCUT2D eigenvalue weighted by atomic mass is 9.98. The highest BCUT2D eigenvalue weighted by molar-refractivity contribution is 7.80. The van der Waals surface area contributed by atoms with Crippen molar-refractivity contribution in [1.29, 1.82) is 0 Å². The van der Waals surface area contributed by atoms with Gasteiger partial charge in [-0.05, 0) is 37.0 Å². The zero-order chi connectivity index (χ0) is 13.4. The largest absolute Gasteiger partial charge is 0.389 e. The molecule has 0 aliphatic carbocycles. The lowest BCUT2D eigenvalue weighted by molar-refractivity contribution is 0.829. The molecule has 18 heavy (non-hydrogen) atoms. The first-order valence-corrected chi connectivity index (χ1v) is 6.53. The molecule has 0 bridgehead atoms. The summed E-state index contributed by atoms with van der Waals surface area (Å²) in [6.07, 6.45) is 0. The molecular formula is C15H18N2S. The second-order valence-corrected chi connectivity index (χ2v) is 5.46. The molecule has 0 saturated heterocycles. The topological polar surface area (TPSA) is 38.9 Å². The number of pyridine rings is 1. The lowest BCUT2D eigenvalue weighted by Crippen LogP contribution is -2.12. The summed E-state index contributed by atoms with van der Waals surface area (Å²) in [6.45, 7) is 8.45. The Balaban J connectivity index is 2.90. The minimum atomic E-state index is 0.363. The van der Waals surface area contributed by atoms with Crippen molar-refractivity contribution in [1.82, 2.24) is 4.98 Å². The Hall–Kier alpha value is -1.48. The smallest absolute Gasteiger partial charge is 0.104 e. The van der Waals surface area contributed by atoms with E-state index in [1.807, 2.05) is 6.07 Å². The normalized spacial score (nSPS) is 11.2. The zero-order valence-electron chi connectivity index (χ0n) is 11.2. The zero-order valence-corrected chi connectivity index (χ0v) is 12.1. The number of nitrogens with zero attached hydrogens (tertiary/aromatic N) is 1. The molecule has 0 spiro atoms. The lowest BCUT2D eigenvalue weighted by Gasteiger charge is -2.13.